The van der Waals surface area contributed by atoms with Gasteiger partial charge in [-0.1, -0.05) is 62.4 Å². The molecule has 3 nitrogen and oxygen atoms in total. The Morgan fingerprint density at radius 1 is 1.08 bits per heavy atom. The first-order valence-electron chi connectivity index (χ1n) is 8.89. The van der Waals surface area contributed by atoms with E-state index in [0.717, 1.165) is 6.54 Å². The Hall–Kier alpha value is -2.55. The number of carbonyl (C=O) groups excluding carboxylic acids is 1. The molecule has 0 spiro atoms. The molecule has 0 aliphatic carbocycles. The zero-order valence-corrected chi connectivity index (χ0v) is 15.0. The van der Waals surface area contributed by atoms with Crippen LogP contribution >= 0.6 is 0 Å². The molecule has 1 saturated heterocycles. The molecule has 0 saturated carbocycles. The second kappa shape index (κ2) is 5.48. The Bertz CT molecular complexity index is 868. The minimum absolute atomic E-state index is 0.117. The second-order valence-corrected chi connectivity index (χ2v) is 7.55. The van der Waals surface area contributed by atoms with E-state index in [1.54, 1.807) is 0 Å². The Balaban J connectivity index is 1.86. The predicted octanol–water partition coefficient (Wildman–Crippen LogP) is 4.02. The quantitative estimate of drug-likeness (QED) is 0.901. The van der Waals surface area contributed by atoms with Gasteiger partial charge < -0.3 is 10.2 Å². The van der Waals surface area contributed by atoms with E-state index in [0.29, 0.717) is 6.42 Å². The standard InChI is InChI=1S/C22H24N2O/c1-16-8-4-5-9-17(16)12-14-22-21(2,3)18-10-6-7-11-19(18)24(22)15-13-20(25)23-22/h4-12,14H,13,15H2,1-3H3,(H,23,25)/b14-12+. The Kier molecular flexibility index (Phi) is 3.50. The van der Waals surface area contributed by atoms with Crippen molar-refractivity contribution in [1.29, 1.82) is 0 Å². The highest BCUT2D eigenvalue weighted by Gasteiger charge is 2.57. The van der Waals surface area contributed by atoms with Gasteiger partial charge in [-0.2, -0.15) is 0 Å². The van der Waals surface area contributed by atoms with Gasteiger partial charge in [0.2, 0.25) is 5.91 Å². The zero-order valence-electron chi connectivity index (χ0n) is 15.0. The summed E-state index contributed by atoms with van der Waals surface area (Å²) in [4.78, 5) is 14.7. The minimum Gasteiger partial charge on any atom is -0.344 e. The first-order valence-corrected chi connectivity index (χ1v) is 8.89. The Morgan fingerprint density at radius 2 is 1.80 bits per heavy atom. The molecule has 1 amide bonds. The molecule has 4 rings (SSSR count). The molecule has 2 aromatic rings. The van der Waals surface area contributed by atoms with Crippen LogP contribution in [0.4, 0.5) is 5.69 Å². The van der Waals surface area contributed by atoms with Crippen LogP contribution in [0, 0.1) is 6.92 Å². The minimum atomic E-state index is -0.533. The van der Waals surface area contributed by atoms with Gasteiger partial charge in [0.05, 0.1) is 0 Å². The molecule has 0 aromatic heterocycles. The van der Waals surface area contributed by atoms with Crippen molar-refractivity contribution in [3.05, 3.63) is 71.3 Å². The third-order valence-electron chi connectivity index (χ3n) is 5.83. The molecule has 3 heteroatoms. The van der Waals surface area contributed by atoms with Crippen molar-refractivity contribution in [2.75, 3.05) is 11.4 Å². The summed E-state index contributed by atoms with van der Waals surface area (Å²) in [6, 6.07) is 16.8. The van der Waals surface area contributed by atoms with Crippen molar-refractivity contribution >= 4 is 17.7 Å². The lowest BCUT2D eigenvalue weighted by Gasteiger charge is -2.49. The van der Waals surface area contributed by atoms with Crippen molar-refractivity contribution in [1.82, 2.24) is 5.32 Å². The summed E-state index contributed by atoms with van der Waals surface area (Å²) < 4.78 is 0. The van der Waals surface area contributed by atoms with Crippen LogP contribution in [0.3, 0.4) is 0 Å². The van der Waals surface area contributed by atoms with E-state index in [9.17, 15) is 4.79 Å². The van der Waals surface area contributed by atoms with Crippen molar-refractivity contribution in [2.45, 2.75) is 38.3 Å². The maximum atomic E-state index is 12.4. The van der Waals surface area contributed by atoms with Gasteiger partial charge in [-0.15, -0.1) is 0 Å². The van der Waals surface area contributed by atoms with Gasteiger partial charge in [0.15, 0.2) is 0 Å². The summed E-state index contributed by atoms with van der Waals surface area (Å²) in [6.07, 6.45) is 4.87. The van der Waals surface area contributed by atoms with Crippen molar-refractivity contribution in [2.24, 2.45) is 0 Å². The fourth-order valence-corrected chi connectivity index (χ4v) is 4.30. The number of aryl methyl sites for hydroxylation is 1. The smallest absolute Gasteiger partial charge is 0.223 e. The molecular weight excluding hydrogens is 308 g/mol. The summed E-state index contributed by atoms with van der Waals surface area (Å²) in [7, 11) is 0. The number of benzene rings is 2. The maximum Gasteiger partial charge on any atom is 0.223 e. The van der Waals surface area contributed by atoms with Crippen LogP contribution in [0.1, 0.15) is 37.0 Å². The largest absolute Gasteiger partial charge is 0.344 e. The van der Waals surface area contributed by atoms with E-state index in [4.69, 9.17) is 0 Å². The molecular formula is C22H24N2O. The highest BCUT2D eigenvalue weighted by molar-refractivity contribution is 5.84. The number of anilines is 1. The van der Waals surface area contributed by atoms with E-state index in [1.165, 1.54) is 22.4 Å². The molecule has 128 valence electrons. The van der Waals surface area contributed by atoms with Gasteiger partial charge >= 0.3 is 0 Å². The molecule has 2 aliphatic heterocycles. The van der Waals surface area contributed by atoms with E-state index in [2.05, 4.69) is 91.7 Å². The van der Waals surface area contributed by atoms with Crippen LogP contribution in [0.15, 0.2) is 54.6 Å². The number of carbonyl (C=O) groups is 1. The first kappa shape index (κ1) is 15.9. The zero-order chi connectivity index (χ0) is 17.7. The molecule has 1 N–H and O–H groups in total. The molecule has 1 fully saturated rings. The average molecular weight is 332 g/mol. The third-order valence-corrected chi connectivity index (χ3v) is 5.83. The summed E-state index contributed by atoms with van der Waals surface area (Å²) in [5.74, 6) is 0.117. The number of amides is 1. The van der Waals surface area contributed by atoms with Crippen molar-refractivity contribution in [3.8, 4) is 0 Å². The van der Waals surface area contributed by atoms with Crippen LogP contribution in [-0.4, -0.2) is 18.1 Å². The third kappa shape index (κ3) is 2.22. The molecule has 1 atom stereocenters. The first-order chi connectivity index (χ1) is 12.0. The summed E-state index contributed by atoms with van der Waals surface area (Å²) in [5, 5.41) is 3.32. The Labute approximate surface area is 149 Å². The fraction of sp³-hybridized carbons (Fsp3) is 0.318. The number of para-hydroxylation sites is 1. The average Bonchev–Trinajstić information content (AvgIpc) is 2.79. The summed E-state index contributed by atoms with van der Waals surface area (Å²) in [5.41, 5.74) is 4.17. The van der Waals surface area contributed by atoms with Gasteiger partial charge in [-0.3, -0.25) is 4.79 Å². The number of hydrogen-bond donors (Lipinski definition) is 1. The van der Waals surface area contributed by atoms with Crippen LogP contribution in [-0.2, 0) is 10.2 Å². The van der Waals surface area contributed by atoms with Crippen molar-refractivity contribution in [3.63, 3.8) is 0 Å². The highest BCUT2D eigenvalue weighted by atomic mass is 16.2. The van der Waals surface area contributed by atoms with Crippen LogP contribution in [0.25, 0.3) is 6.08 Å². The van der Waals surface area contributed by atoms with E-state index >= 15 is 0 Å². The lowest BCUT2D eigenvalue weighted by molar-refractivity contribution is -0.124. The van der Waals surface area contributed by atoms with E-state index in [1.807, 2.05) is 0 Å². The van der Waals surface area contributed by atoms with Gasteiger partial charge in [0.1, 0.15) is 5.66 Å². The molecule has 0 radical (unpaired) electrons. The number of nitrogens with one attached hydrogen (secondary N) is 1. The normalized spacial score (nSPS) is 24.1. The fourth-order valence-electron chi connectivity index (χ4n) is 4.30. The Morgan fingerprint density at radius 3 is 2.60 bits per heavy atom. The van der Waals surface area contributed by atoms with Crippen LogP contribution < -0.4 is 10.2 Å². The predicted molar refractivity (Wildman–Crippen MR) is 103 cm³/mol. The summed E-state index contributed by atoms with van der Waals surface area (Å²) in [6.45, 7) is 7.30. The molecule has 0 bridgehead atoms. The number of hydrogen-bond acceptors (Lipinski definition) is 2. The maximum absolute atomic E-state index is 12.4. The van der Waals surface area contributed by atoms with Crippen molar-refractivity contribution < 1.29 is 4.79 Å². The van der Waals surface area contributed by atoms with Gasteiger partial charge in [-0.25, -0.2) is 0 Å². The molecule has 1 unspecified atom stereocenters. The molecule has 2 aliphatic rings. The number of rotatable bonds is 2. The lowest BCUT2D eigenvalue weighted by atomic mass is 9.74. The highest BCUT2D eigenvalue weighted by Crippen LogP contribution is 2.52. The topological polar surface area (TPSA) is 32.3 Å². The van der Waals surface area contributed by atoms with Crippen LogP contribution in [0.5, 0.6) is 0 Å². The molecule has 25 heavy (non-hydrogen) atoms. The molecule has 2 heterocycles. The number of fused-ring (bicyclic) bond motifs is 3. The molecule has 2 aromatic carbocycles. The SMILES string of the molecule is Cc1ccccc1/C=C/C12NC(=O)CCN1c1ccccc1C2(C)C. The van der Waals surface area contributed by atoms with Gasteiger partial charge in [-0.05, 0) is 35.8 Å². The van der Waals surface area contributed by atoms with Crippen LogP contribution in [0.2, 0.25) is 0 Å². The van der Waals surface area contributed by atoms with E-state index < -0.39 is 5.66 Å². The van der Waals surface area contributed by atoms with Gasteiger partial charge in [0.25, 0.3) is 0 Å². The summed E-state index contributed by atoms with van der Waals surface area (Å²) >= 11 is 0. The second-order valence-electron chi connectivity index (χ2n) is 7.55. The van der Waals surface area contributed by atoms with E-state index in [-0.39, 0.29) is 11.3 Å². The lowest BCUT2D eigenvalue weighted by Crippen LogP contribution is -2.68. The van der Waals surface area contributed by atoms with Gasteiger partial charge in [0, 0.05) is 24.1 Å². The number of nitrogens with zero attached hydrogens (tertiary/aromatic N) is 1. The monoisotopic (exact) mass is 332 g/mol.